The lowest BCUT2D eigenvalue weighted by Crippen LogP contribution is -2.09. The van der Waals surface area contributed by atoms with Crippen LogP contribution in [0, 0.1) is 0 Å². The normalized spacial score (nSPS) is 12.1. The van der Waals surface area contributed by atoms with E-state index in [9.17, 15) is 4.79 Å². The molecule has 0 aliphatic carbocycles. The lowest BCUT2D eigenvalue weighted by Gasteiger charge is -2.10. The van der Waals surface area contributed by atoms with Crippen LogP contribution in [0.4, 0.5) is 0 Å². The summed E-state index contributed by atoms with van der Waals surface area (Å²) in [7, 11) is 0. The van der Waals surface area contributed by atoms with E-state index in [1.807, 2.05) is 0 Å². The molecule has 0 spiro atoms. The van der Waals surface area contributed by atoms with Crippen LogP contribution in [0.5, 0.6) is 5.75 Å². The predicted molar refractivity (Wildman–Crippen MR) is 59.6 cm³/mol. The average Bonchev–Trinajstić information content (AvgIpc) is 2.19. The molecule has 0 bridgehead atoms. The van der Waals surface area contributed by atoms with Gasteiger partial charge in [0.2, 0.25) is 0 Å². The smallest absolute Gasteiger partial charge is 0.307 e. The summed E-state index contributed by atoms with van der Waals surface area (Å²) >= 11 is 0. The molecule has 1 rings (SSSR count). The van der Waals surface area contributed by atoms with Gasteiger partial charge in [-0.1, -0.05) is 18.2 Å². The van der Waals surface area contributed by atoms with Gasteiger partial charge in [0, 0.05) is 12.0 Å². The molecule has 1 unspecified atom stereocenters. The molecule has 4 nitrogen and oxygen atoms in total. The van der Waals surface area contributed by atoms with E-state index in [1.54, 1.807) is 31.2 Å². The van der Waals surface area contributed by atoms with Crippen molar-refractivity contribution in [3.05, 3.63) is 29.8 Å². The Morgan fingerprint density at radius 1 is 1.44 bits per heavy atom. The number of ether oxygens (including phenoxy) is 1. The van der Waals surface area contributed by atoms with Gasteiger partial charge in [0.05, 0.1) is 19.1 Å². The summed E-state index contributed by atoms with van der Waals surface area (Å²) in [6.07, 6.45) is 0.0679. The molecule has 1 atom stereocenters. The fourth-order valence-electron chi connectivity index (χ4n) is 1.29. The number of aliphatic carboxylic acids is 1. The Kier molecular flexibility index (Phi) is 4.79. The van der Waals surface area contributed by atoms with Crippen LogP contribution in [0.3, 0.4) is 0 Å². The van der Waals surface area contributed by atoms with Crippen molar-refractivity contribution in [1.29, 1.82) is 0 Å². The van der Waals surface area contributed by atoms with Crippen molar-refractivity contribution < 1.29 is 19.7 Å². The second-order valence-corrected chi connectivity index (χ2v) is 3.66. The summed E-state index contributed by atoms with van der Waals surface area (Å²) < 4.78 is 5.43. The SMILES string of the molecule is CC(O)CCOc1ccccc1CC(=O)O. The Bertz CT molecular complexity index is 347. The van der Waals surface area contributed by atoms with E-state index in [0.717, 1.165) is 0 Å². The Balaban J connectivity index is 2.60. The van der Waals surface area contributed by atoms with Crippen molar-refractivity contribution in [2.75, 3.05) is 6.61 Å². The summed E-state index contributed by atoms with van der Waals surface area (Å²) in [4.78, 5) is 10.6. The number of carboxylic acid groups (broad SMARTS) is 1. The van der Waals surface area contributed by atoms with Gasteiger partial charge < -0.3 is 14.9 Å². The molecule has 16 heavy (non-hydrogen) atoms. The first-order valence-corrected chi connectivity index (χ1v) is 5.20. The lowest BCUT2D eigenvalue weighted by atomic mass is 10.1. The highest BCUT2D eigenvalue weighted by Crippen LogP contribution is 2.18. The molecule has 0 saturated carbocycles. The summed E-state index contributed by atoms with van der Waals surface area (Å²) in [5, 5.41) is 17.8. The van der Waals surface area contributed by atoms with Crippen molar-refractivity contribution in [3.8, 4) is 5.75 Å². The van der Waals surface area contributed by atoms with Gasteiger partial charge >= 0.3 is 5.97 Å². The molecule has 1 aromatic carbocycles. The Morgan fingerprint density at radius 3 is 2.75 bits per heavy atom. The average molecular weight is 224 g/mol. The molecule has 0 aliphatic rings. The molecule has 0 aromatic heterocycles. The second kappa shape index (κ2) is 6.12. The molecule has 0 aliphatic heterocycles. The first-order valence-electron chi connectivity index (χ1n) is 5.20. The highest BCUT2D eigenvalue weighted by atomic mass is 16.5. The molecule has 0 saturated heterocycles. The van der Waals surface area contributed by atoms with E-state index in [1.165, 1.54) is 0 Å². The fourth-order valence-corrected chi connectivity index (χ4v) is 1.29. The number of aliphatic hydroxyl groups excluding tert-OH is 1. The van der Waals surface area contributed by atoms with E-state index >= 15 is 0 Å². The molecule has 1 aromatic rings. The Hall–Kier alpha value is -1.55. The van der Waals surface area contributed by atoms with Crippen molar-refractivity contribution in [3.63, 3.8) is 0 Å². The highest BCUT2D eigenvalue weighted by molar-refractivity contribution is 5.71. The van der Waals surface area contributed by atoms with Crippen LogP contribution in [0.15, 0.2) is 24.3 Å². The topological polar surface area (TPSA) is 66.8 Å². The summed E-state index contributed by atoms with van der Waals surface area (Å²) in [5.74, 6) is -0.308. The summed E-state index contributed by atoms with van der Waals surface area (Å²) in [6.45, 7) is 2.07. The summed E-state index contributed by atoms with van der Waals surface area (Å²) in [5.41, 5.74) is 0.653. The monoisotopic (exact) mass is 224 g/mol. The largest absolute Gasteiger partial charge is 0.493 e. The molecule has 0 radical (unpaired) electrons. The van der Waals surface area contributed by atoms with Gasteiger partial charge in [0.15, 0.2) is 0 Å². The molecule has 0 amide bonds. The minimum Gasteiger partial charge on any atom is -0.493 e. The van der Waals surface area contributed by atoms with Crippen LogP contribution in [-0.4, -0.2) is 28.9 Å². The summed E-state index contributed by atoms with van der Waals surface area (Å²) in [6, 6.07) is 7.04. The van der Waals surface area contributed by atoms with Crippen molar-refractivity contribution >= 4 is 5.97 Å². The van der Waals surface area contributed by atoms with Crippen LogP contribution < -0.4 is 4.74 Å². The minimum absolute atomic E-state index is 0.0507. The quantitative estimate of drug-likeness (QED) is 0.767. The maximum atomic E-state index is 10.6. The standard InChI is InChI=1S/C12H16O4/c1-9(13)6-7-16-11-5-3-2-4-10(11)8-12(14)15/h2-5,9,13H,6-8H2,1H3,(H,14,15). The third-order valence-electron chi connectivity index (χ3n) is 2.11. The Labute approximate surface area is 94.5 Å². The molecule has 0 fully saturated rings. The minimum atomic E-state index is -0.883. The van der Waals surface area contributed by atoms with Gasteiger partial charge in [-0.05, 0) is 13.0 Å². The number of hydrogen-bond donors (Lipinski definition) is 2. The number of carbonyl (C=O) groups is 1. The number of rotatable bonds is 6. The highest BCUT2D eigenvalue weighted by Gasteiger charge is 2.07. The number of para-hydroxylation sites is 1. The molecular weight excluding hydrogens is 208 g/mol. The number of benzene rings is 1. The van der Waals surface area contributed by atoms with E-state index in [2.05, 4.69) is 0 Å². The predicted octanol–water partition coefficient (Wildman–Crippen LogP) is 1.46. The van der Waals surface area contributed by atoms with E-state index in [-0.39, 0.29) is 6.42 Å². The first kappa shape index (κ1) is 12.5. The zero-order chi connectivity index (χ0) is 12.0. The number of hydrogen-bond acceptors (Lipinski definition) is 3. The molecule has 2 N–H and O–H groups in total. The third kappa shape index (κ3) is 4.31. The van der Waals surface area contributed by atoms with Gasteiger partial charge in [-0.25, -0.2) is 0 Å². The molecule has 0 heterocycles. The first-order chi connectivity index (χ1) is 7.59. The van der Waals surface area contributed by atoms with Crippen LogP contribution in [0.25, 0.3) is 0 Å². The van der Waals surface area contributed by atoms with E-state index < -0.39 is 12.1 Å². The van der Waals surface area contributed by atoms with Gasteiger partial charge in [-0.15, -0.1) is 0 Å². The zero-order valence-corrected chi connectivity index (χ0v) is 9.22. The van der Waals surface area contributed by atoms with E-state index in [0.29, 0.717) is 24.3 Å². The molecular formula is C12H16O4. The van der Waals surface area contributed by atoms with Crippen molar-refractivity contribution in [1.82, 2.24) is 0 Å². The van der Waals surface area contributed by atoms with Crippen LogP contribution >= 0.6 is 0 Å². The molecule has 88 valence electrons. The van der Waals surface area contributed by atoms with Crippen LogP contribution in [0.1, 0.15) is 18.9 Å². The van der Waals surface area contributed by atoms with Crippen LogP contribution in [-0.2, 0) is 11.2 Å². The zero-order valence-electron chi connectivity index (χ0n) is 9.22. The van der Waals surface area contributed by atoms with Gasteiger partial charge in [-0.3, -0.25) is 4.79 Å². The van der Waals surface area contributed by atoms with Gasteiger partial charge in [0.25, 0.3) is 0 Å². The van der Waals surface area contributed by atoms with E-state index in [4.69, 9.17) is 14.9 Å². The van der Waals surface area contributed by atoms with Gasteiger partial charge in [-0.2, -0.15) is 0 Å². The third-order valence-corrected chi connectivity index (χ3v) is 2.11. The maximum Gasteiger partial charge on any atom is 0.307 e. The number of aliphatic hydroxyl groups is 1. The molecule has 4 heteroatoms. The van der Waals surface area contributed by atoms with Gasteiger partial charge in [0.1, 0.15) is 5.75 Å². The van der Waals surface area contributed by atoms with Crippen molar-refractivity contribution in [2.45, 2.75) is 25.9 Å². The number of carboxylic acids is 1. The Morgan fingerprint density at radius 2 is 2.12 bits per heavy atom. The van der Waals surface area contributed by atoms with Crippen LogP contribution in [0.2, 0.25) is 0 Å². The van der Waals surface area contributed by atoms with Crippen molar-refractivity contribution in [2.24, 2.45) is 0 Å². The second-order valence-electron chi connectivity index (χ2n) is 3.66. The maximum absolute atomic E-state index is 10.6. The lowest BCUT2D eigenvalue weighted by molar-refractivity contribution is -0.136. The fraction of sp³-hybridized carbons (Fsp3) is 0.417.